The molecule has 0 radical (unpaired) electrons. The van der Waals surface area contributed by atoms with Crippen molar-refractivity contribution in [2.45, 2.75) is 247 Å². The van der Waals surface area contributed by atoms with Gasteiger partial charge in [0.2, 0.25) is 29.5 Å². The van der Waals surface area contributed by atoms with Crippen molar-refractivity contribution >= 4 is 29.5 Å². The summed E-state index contributed by atoms with van der Waals surface area (Å²) >= 11 is 0. The Kier molecular flexibility index (Phi) is 42.0. The number of primary amides is 1. The van der Waals surface area contributed by atoms with Crippen molar-refractivity contribution in [2.75, 3.05) is 58.9 Å². The van der Waals surface area contributed by atoms with Gasteiger partial charge in [-0.2, -0.15) is 0 Å². The van der Waals surface area contributed by atoms with Crippen molar-refractivity contribution in [2.24, 2.45) is 23.3 Å². The van der Waals surface area contributed by atoms with Crippen LogP contribution in [-0.4, -0.2) is 108 Å². The summed E-state index contributed by atoms with van der Waals surface area (Å²) in [7, 11) is 0. The number of amides is 5. The highest BCUT2D eigenvalue weighted by atomic mass is 16.2. The number of carbonyl (C=O) groups is 5. The molecule has 0 aromatic carbocycles. The first-order chi connectivity index (χ1) is 31.5. The van der Waals surface area contributed by atoms with Gasteiger partial charge < -0.3 is 31.1 Å². The predicted octanol–water partition coefficient (Wildman–Crippen LogP) is 11.6. The van der Waals surface area contributed by atoms with E-state index in [0.717, 1.165) is 116 Å². The number of hydrogen-bond acceptors (Lipinski definition) is 6. The van der Waals surface area contributed by atoms with Crippen LogP contribution in [0.2, 0.25) is 0 Å². The molecule has 0 saturated carbocycles. The Morgan fingerprint density at radius 3 is 1.06 bits per heavy atom. The van der Waals surface area contributed by atoms with Crippen LogP contribution >= 0.6 is 0 Å². The van der Waals surface area contributed by atoms with E-state index in [-0.39, 0.29) is 61.6 Å². The molecule has 0 heterocycles. The Hall–Kier alpha value is -2.69. The summed E-state index contributed by atoms with van der Waals surface area (Å²) in [6.07, 6.45) is 34.1. The molecule has 0 aromatic rings. The standard InChI is InChI=1S/C54H106N6O5/c1-7-13-17-19-21-23-25-27-29-34-40-57(51(62)38-32-31-33-39-55)45-54(65)60(43-49(12-6)37-16-10-4)47-52(63)58(41-35-30-28-26-24-22-20-18-14-8-2)46-53(64)59(44-50(56)61)42-48(11-5)36-15-9-3/h48-49H,7-47,55H2,1-6H3,(H2,56,61). The van der Waals surface area contributed by atoms with Crippen LogP contribution in [0.1, 0.15) is 247 Å². The second kappa shape index (κ2) is 43.9. The number of rotatable bonds is 47. The molecule has 0 spiro atoms. The zero-order chi connectivity index (χ0) is 48.3. The predicted molar refractivity (Wildman–Crippen MR) is 273 cm³/mol. The molecule has 0 aliphatic heterocycles. The Morgan fingerprint density at radius 2 is 0.692 bits per heavy atom. The highest BCUT2D eigenvalue weighted by Gasteiger charge is 2.29. The molecule has 0 aromatic heterocycles. The highest BCUT2D eigenvalue weighted by molar-refractivity contribution is 5.91. The molecule has 0 aliphatic carbocycles. The van der Waals surface area contributed by atoms with Gasteiger partial charge in [-0.25, -0.2) is 0 Å². The number of nitrogens with zero attached hydrogens (tertiary/aromatic N) is 4. The lowest BCUT2D eigenvalue weighted by atomic mass is 9.98. The van der Waals surface area contributed by atoms with Crippen molar-refractivity contribution in [1.82, 2.24) is 19.6 Å². The lowest BCUT2D eigenvalue weighted by Crippen LogP contribution is -2.51. The molecule has 0 bridgehead atoms. The molecule has 11 heteroatoms. The van der Waals surface area contributed by atoms with Crippen molar-refractivity contribution in [1.29, 1.82) is 0 Å². The van der Waals surface area contributed by atoms with Crippen LogP contribution in [-0.2, 0) is 24.0 Å². The van der Waals surface area contributed by atoms with Gasteiger partial charge in [0, 0.05) is 32.6 Å². The summed E-state index contributed by atoms with van der Waals surface area (Å²) in [6.45, 7) is 14.9. The largest absolute Gasteiger partial charge is 0.368 e. The minimum atomic E-state index is -0.568. The Bertz CT molecular complexity index is 1190. The fraction of sp³-hybridized carbons (Fsp3) is 0.907. The average Bonchev–Trinajstić information content (AvgIpc) is 3.29. The number of unbranched alkanes of at least 4 members (excludes halogenated alkanes) is 22. The minimum absolute atomic E-state index is 0.0114. The first-order valence-electron chi connectivity index (χ1n) is 27.6. The van der Waals surface area contributed by atoms with Crippen molar-refractivity contribution in [3.8, 4) is 0 Å². The van der Waals surface area contributed by atoms with Crippen molar-refractivity contribution in [3.63, 3.8) is 0 Å². The van der Waals surface area contributed by atoms with E-state index < -0.39 is 5.91 Å². The fourth-order valence-electron chi connectivity index (χ4n) is 8.86. The van der Waals surface area contributed by atoms with Crippen LogP contribution in [0.5, 0.6) is 0 Å². The van der Waals surface area contributed by atoms with E-state index in [2.05, 4.69) is 41.5 Å². The van der Waals surface area contributed by atoms with E-state index in [1.54, 1.807) is 19.6 Å². The van der Waals surface area contributed by atoms with Crippen molar-refractivity contribution < 1.29 is 24.0 Å². The lowest BCUT2D eigenvalue weighted by Gasteiger charge is -2.33. The van der Waals surface area contributed by atoms with Gasteiger partial charge in [-0.05, 0) is 56.9 Å². The normalized spacial score (nSPS) is 12.2. The lowest BCUT2D eigenvalue weighted by molar-refractivity contribution is -0.147. The molecule has 0 fully saturated rings. The summed E-state index contributed by atoms with van der Waals surface area (Å²) < 4.78 is 0. The van der Waals surface area contributed by atoms with Crippen molar-refractivity contribution in [3.05, 3.63) is 0 Å². The van der Waals surface area contributed by atoms with Crippen LogP contribution in [0.25, 0.3) is 0 Å². The maximum Gasteiger partial charge on any atom is 0.242 e. The summed E-state index contributed by atoms with van der Waals surface area (Å²) in [5.74, 6) is -0.888. The third-order valence-corrected chi connectivity index (χ3v) is 13.4. The summed E-state index contributed by atoms with van der Waals surface area (Å²) in [5, 5.41) is 0. The fourth-order valence-corrected chi connectivity index (χ4v) is 8.86. The molecule has 382 valence electrons. The first kappa shape index (κ1) is 62.3. The Balaban J connectivity index is 6.37. The second-order valence-corrected chi connectivity index (χ2v) is 19.4. The van der Waals surface area contributed by atoms with Crippen LogP contribution in [0.3, 0.4) is 0 Å². The average molecular weight is 919 g/mol. The highest BCUT2D eigenvalue weighted by Crippen LogP contribution is 2.19. The summed E-state index contributed by atoms with van der Waals surface area (Å²) in [5.41, 5.74) is 11.4. The summed E-state index contributed by atoms with van der Waals surface area (Å²) in [4.78, 5) is 76.0. The van der Waals surface area contributed by atoms with Gasteiger partial charge in [-0.3, -0.25) is 24.0 Å². The molecule has 65 heavy (non-hydrogen) atoms. The SMILES string of the molecule is CCCCCCCCCCCCN(CC(=O)N(CC(=O)N(CCCCCCCCCCCC)CC(=O)N(CC(N)=O)CC(CC)CCCC)CC(CC)CCCC)C(=O)CCCCCN. The van der Waals surface area contributed by atoms with E-state index in [0.29, 0.717) is 39.1 Å². The number of hydrogen-bond donors (Lipinski definition) is 2. The smallest absolute Gasteiger partial charge is 0.242 e. The monoisotopic (exact) mass is 919 g/mol. The van der Waals surface area contributed by atoms with Gasteiger partial charge in [0.15, 0.2) is 0 Å². The first-order valence-corrected chi connectivity index (χ1v) is 27.6. The van der Waals surface area contributed by atoms with Crippen LogP contribution in [0.4, 0.5) is 0 Å². The second-order valence-electron chi connectivity index (χ2n) is 19.4. The Morgan fingerprint density at radius 1 is 0.369 bits per heavy atom. The minimum Gasteiger partial charge on any atom is -0.368 e. The zero-order valence-corrected chi connectivity index (χ0v) is 43.6. The number of carbonyl (C=O) groups excluding carboxylic acids is 5. The van der Waals surface area contributed by atoms with Gasteiger partial charge >= 0.3 is 0 Å². The van der Waals surface area contributed by atoms with Crippen LogP contribution in [0.15, 0.2) is 0 Å². The quantitative estimate of drug-likeness (QED) is 0.0580. The van der Waals surface area contributed by atoms with E-state index >= 15 is 0 Å². The molecule has 4 N–H and O–H groups in total. The van der Waals surface area contributed by atoms with Gasteiger partial charge in [0.05, 0.1) is 26.2 Å². The third kappa shape index (κ3) is 34.3. The summed E-state index contributed by atoms with van der Waals surface area (Å²) in [6, 6.07) is 0. The van der Waals surface area contributed by atoms with Crippen LogP contribution in [0, 0.1) is 11.8 Å². The Labute approximate surface area is 401 Å². The van der Waals surface area contributed by atoms with Crippen LogP contribution < -0.4 is 11.5 Å². The topological polar surface area (TPSA) is 150 Å². The van der Waals surface area contributed by atoms with E-state index in [1.807, 2.05) is 0 Å². The molecule has 0 aliphatic rings. The maximum absolute atomic E-state index is 14.6. The molecule has 11 nitrogen and oxygen atoms in total. The number of nitrogens with two attached hydrogens (primary N) is 2. The van der Waals surface area contributed by atoms with Gasteiger partial charge in [0.1, 0.15) is 0 Å². The molecule has 5 amide bonds. The van der Waals surface area contributed by atoms with E-state index in [4.69, 9.17) is 11.5 Å². The molecule has 0 saturated heterocycles. The maximum atomic E-state index is 14.6. The zero-order valence-electron chi connectivity index (χ0n) is 43.6. The molecular formula is C54H106N6O5. The van der Waals surface area contributed by atoms with Gasteiger partial charge in [-0.15, -0.1) is 0 Å². The molecule has 0 rings (SSSR count). The van der Waals surface area contributed by atoms with E-state index in [1.165, 1.54) is 83.5 Å². The van der Waals surface area contributed by atoms with Gasteiger partial charge in [0.25, 0.3) is 0 Å². The third-order valence-electron chi connectivity index (χ3n) is 13.4. The molecular weight excluding hydrogens is 813 g/mol. The molecule has 2 unspecified atom stereocenters. The molecule has 2 atom stereocenters. The van der Waals surface area contributed by atoms with Gasteiger partial charge in [-0.1, -0.05) is 202 Å². The van der Waals surface area contributed by atoms with E-state index in [9.17, 15) is 24.0 Å².